The molecule has 110 valence electrons. The summed E-state index contributed by atoms with van der Waals surface area (Å²) in [5.41, 5.74) is 3.25. The highest BCUT2D eigenvalue weighted by Gasteiger charge is 2.23. The van der Waals surface area contributed by atoms with Crippen LogP contribution in [0.2, 0.25) is 0 Å². The molecule has 1 aromatic carbocycles. The van der Waals surface area contributed by atoms with Crippen LogP contribution in [0.5, 0.6) is 0 Å². The Balaban J connectivity index is 1.89. The Bertz CT molecular complexity index is 464. The van der Waals surface area contributed by atoms with E-state index in [2.05, 4.69) is 31.4 Å². The third-order valence-corrected chi connectivity index (χ3v) is 4.41. The van der Waals surface area contributed by atoms with Gasteiger partial charge >= 0.3 is 0 Å². The topological polar surface area (TPSA) is 33.5 Å². The lowest BCUT2D eigenvalue weighted by molar-refractivity contribution is -0.899. The second kappa shape index (κ2) is 6.89. The molecule has 0 saturated heterocycles. The molecule has 1 amide bonds. The van der Waals surface area contributed by atoms with E-state index in [-0.39, 0.29) is 5.91 Å². The number of benzene rings is 1. The Morgan fingerprint density at radius 3 is 2.65 bits per heavy atom. The van der Waals surface area contributed by atoms with E-state index in [9.17, 15) is 4.79 Å². The molecule has 1 unspecified atom stereocenters. The van der Waals surface area contributed by atoms with Crippen molar-refractivity contribution in [3.05, 3.63) is 29.3 Å². The van der Waals surface area contributed by atoms with Gasteiger partial charge in [0, 0.05) is 5.69 Å². The van der Waals surface area contributed by atoms with Crippen LogP contribution in [0.4, 0.5) is 5.69 Å². The van der Waals surface area contributed by atoms with Crippen molar-refractivity contribution in [1.82, 2.24) is 0 Å². The van der Waals surface area contributed by atoms with E-state index >= 15 is 0 Å². The van der Waals surface area contributed by atoms with Crippen molar-refractivity contribution in [2.75, 3.05) is 18.9 Å². The second-order valence-electron chi connectivity index (χ2n) is 6.22. The number of rotatable bonds is 4. The minimum atomic E-state index is 0.127. The number of nitrogens with one attached hydrogen (secondary N) is 2. The molecule has 0 spiro atoms. The fraction of sp³-hybridized carbons (Fsp3) is 0.588. The first-order valence-corrected chi connectivity index (χ1v) is 7.75. The van der Waals surface area contributed by atoms with Gasteiger partial charge in [0.1, 0.15) is 0 Å². The van der Waals surface area contributed by atoms with E-state index in [0.717, 1.165) is 11.3 Å². The predicted octanol–water partition coefficient (Wildman–Crippen LogP) is 2.09. The van der Waals surface area contributed by atoms with Crippen LogP contribution in [0, 0.1) is 13.8 Å². The first-order valence-electron chi connectivity index (χ1n) is 7.75. The molecule has 1 saturated carbocycles. The molecule has 0 heterocycles. The monoisotopic (exact) mass is 275 g/mol. The maximum absolute atomic E-state index is 12.2. The van der Waals surface area contributed by atoms with Gasteiger partial charge in [0.2, 0.25) is 0 Å². The smallest absolute Gasteiger partial charge is 0.279 e. The SMILES string of the molecule is Cc1ccc(C)c(NC(=O)C[NH+](C)C2CCCCC2)c1. The zero-order chi connectivity index (χ0) is 14.5. The number of aryl methyl sites for hydroxylation is 2. The van der Waals surface area contributed by atoms with Gasteiger partial charge in [-0.15, -0.1) is 0 Å². The molecular weight excluding hydrogens is 248 g/mol. The van der Waals surface area contributed by atoms with Crippen molar-refractivity contribution in [2.45, 2.75) is 52.0 Å². The van der Waals surface area contributed by atoms with Crippen molar-refractivity contribution in [3.63, 3.8) is 0 Å². The summed E-state index contributed by atoms with van der Waals surface area (Å²) < 4.78 is 0. The molecule has 0 aliphatic heterocycles. The van der Waals surface area contributed by atoms with Gasteiger partial charge in [-0.05, 0) is 56.7 Å². The lowest BCUT2D eigenvalue weighted by atomic mass is 9.94. The van der Waals surface area contributed by atoms with E-state index in [1.54, 1.807) is 0 Å². The quantitative estimate of drug-likeness (QED) is 0.867. The third kappa shape index (κ3) is 4.07. The number of hydrogen-bond acceptors (Lipinski definition) is 1. The summed E-state index contributed by atoms with van der Waals surface area (Å²) in [6.07, 6.45) is 6.53. The standard InChI is InChI=1S/C17H26N2O/c1-13-9-10-14(2)16(11-13)18-17(20)12-19(3)15-7-5-4-6-8-15/h9-11,15H,4-8,12H2,1-3H3,(H,18,20)/p+1. The number of carbonyl (C=O) groups is 1. The minimum absolute atomic E-state index is 0.127. The van der Waals surface area contributed by atoms with Crippen molar-refractivity contribution >= 4 is 11.6 Å². The molecule has 1 fully saturated rings. The Labute approximate surface area is 122 Å². The largest absolute Gasteiger partial charge is 0.327 e. The first-order chi connectivity index (χ1) is 9.56. The third-order valence-electron chi connectivity index (χ3n) is 4.41. The number of amides is 1. The summed E-state index contributed by atoms with van der Waals surface area (Å²) in [6.45, 7) is 4.65. The number of carbonyl (C=O) groups excluding carboxylic acids is 1. The first kappa shape index (κ1) is 15.0. The molecule has 0 bridgehead atoms. The number of likely N-dealkylation sites (N-methyl/N-ethyl adjacent to an activating group) is 1. The summed E-state index contributed by atoms with van der Waals surface area (Å²) in [5.74, 6) is 0.127. The zero-order valence-electron chi connectivity index (χ0n) is 13.0. The normalized spacial score (nSPS) is 17.8. The second-order valence-corrected chi connectivity index (χ2v) is 6.22. The Kier molecular flexibility index (Phi) is 5.18. The molecule has 1 aliphatic rings. The molecule has 0 radical (unpaired) electrons. The van der Waals surface area contributed by atoms with Gasteiger partial charge in [-0.25, -0.2) is 0 Å². The number of quaternary nitrogens is 1. The molecule has 0 aromatic heterocycles. The number of hydrogen-bond donors (Lipinski definition) is 2. The van der Waals surface area contributed by atoms with Gasteiger partial charge in [-0.2, -0.15) is 0 Å². The van der Waals surface area contributed by atoms with E-state index in [4.69, 9.17) is 0 Å². The summed E-state index contributed by atoms with van der Waals surface area (Å²) >= 11 is 0. The molecule has 2 N–H and O–H groups in total. The van der Waals surface area contributed by atoms with Crippen molar-refractivity contribution in [3.8, 4) is 0 Å². The van der Waals surface area contributed by atoms with Crippen LogP contribution < -0.4 is 10.2 Å². The zero-order valence-corrected chi connectivity index (χ0v) is 13.0. The summed E-state index contributed by atoms with van der Waals surface area (Å²) in [5, 5.41) is 3.06. The van der Waals surface area contributed by atoms with Gasteiger partial charge in [0.05, 0.1) is 13.1 Å². The summed E-state index contributed by atoms with van der Waals surface area (Å²) in [7, 11) is 2.15. The highest BCUT2D eigenvalue weighted by atomic mass is 16.2. The van der Waals surface area contributed by atoms with Crippen molar-refractivity contribution < 1.29 is 9.69 Å². The maximum atomic E-state index is 12.2. The van der Waals surface area contributed by atoms with Crippen LogP contribution in [-0.4, -0.2) is 25.5 Å². The Morgan fingerprint density at radius 2 is 1.95 bits per heavy atom. The fourth-order valence-electron chi connectivity index (χ4n) is 3.06. The maximum Gasteiger partial charge on any atom is 0.279 e. The van der Waals surface area contributed by atoms with Crippen LogP contribution in [0.3, 0.4) is 0 Å². The van der Waals surface area contributed by atoms with Crippen LogP contribution in [0.25, 0.3) is 0 Å². The molecule has 1 aromatic rings. The van der Waals surface area contributed by atoms with Gasteiger partial charge in [-0.1, -0.05) is 18.6 Å². The van der Waals surface area contributed by atoms with E-state index in [1.165, 1.54) is 42.6 Å². The average Bonchev–Trinajstić information content (AvgIpc) is 2.43. The lowest BCUT2D eigenvalue weighted by Crippen LogP contribution is -3.14. The molecule has 2 rings (SSSR count). The average molecular weight is 275 g/mol. The highest BCUT2D eigenvalue weighted by Crippen LogP contribution is 2.16. The van der Waals surface area contributed by atoms with Crippen LogP contribution in [-0.2, 0) is 4.79 Å². The Hall–Kier alpha value is -1.35. The molecule has 3 heteroatoms. The van der Waals surface area contributed by atoms with Gasteiger partial charge in [0.25, 0.3) is 5.91 Å². The molecule has 20 heavy (non-hydrogen) atoms. The van der Waals surface area contributed by atoms with Crippen molar-refractivity contribution in [2.24, 2.45) is 0 Å². The van der Waals surface area contributed by atoms with E-state index in [1.807, 2.05) is 13.0 Å². The summed E-state index contributed by atoms with van der Waals surface area (Å²) in [4.78, 5) is 13.6. The number of anilines is 1. The Morgan fingerprint density at radius 1 is 1.25 bits per heavy atom. The van der Waals surface area contributed by atoms with Gasteiger partial charge in [0.15, 0.2) is 6.54 Å². The fourth-order valence-corrected chi connectivity index (χ4v) is 3.06. The van der Waals surface area contributed by atoms with Crippen LogP contribution >= 0.6 is 0 Å². The predicted molar refractivity (Wildman–Crippen MR) is 83.2 cm³/mol. The molecular formula is C17H27N2O+. The highest BCUT2D eigenvalue weighted by molar-refractivity contribution is 5.92. The molecule has 3 nitrogen and oxygen atoms in total. The molecule has 1 atom stereocenters. The minimum Gasteiger partial charge on any atom is -0.327 e. The van der Waals surface area contributed by atoms with E-state index < -0.39 is 0 Å². The lowest BCUT2D eigenvalue weighted by Gasteiger charge is -2.27. The van der Waals surface area contributed by atoms with Crippen LogP contribution in [0.1, 0.15) is 43.2 Å². The van der Waals surface area contributed by atoms with Gasteiger partial charge in [-0.3, -0.25) is 4.79 Å². The van der Waals surface area contributed by atoms with E-state index in [0.29, 0.717) is 12.6 Å². The summed E-state index contributed by atoms with van der Waals surface area (Å²) in [6, 6.07) is 6.84. The van der Waals surface area contributed by atoms with Crippen LogP contribution in [0.15, 0.2) is 18.2 Å². The van der Waals surface area contributed by atoms with Crippen molar-refractivity contribution in [1.29, 1.82) is 0 Å². The molecule has 1 aliphatic carbocycles. The van der Waals surface area contributed by atoms with Gasteiger partial charge < -0.3 is 10.2 Å².